The van der Waals surface area contributed by atoms with Gasteiger partial charge < -0.3 is 5.32 Å². The van der Waals surface area contributed by atoms with Gasteiger partial charge in [0.25, 0.3) is 0 Å². The maximum atomic E-state index is 13.7. The minimum absolute atomic E-state index is 0.227. The predicted octanol–water partition coefficient (Wildman–Crippen LogP) is 2.92. The molecule has 0 spiro atoms. The van der Waals surface area contributed by atoms with E-state index < -0.39 is 15.1 Å². The van der Waals surface area contributed by atoms with Crippen molar-refractivity contribution >= 4 is 9.84 Å². The van der Waals surface area contributed by atoms with Gasteiger partial charge in [-0.1, -0.05) is 19.1 Å². The van der Waals surface area contributed by atoms with Crippen LogP contribution in [0.5, 0.6) is 0 Å². The Labute approximate surface area is 121 Å². The first-order valence-electron chi connectivity index (χ1n) is 6.87. The first-order chi connectivity index (χ1) is 9.18. The number of halogens is 1. The third-order valence-corrected chi connectivity index (χ3v) is 5.20. The lowest BCUT2D eigenvalue weighted by atomic mass is 9.98. The van der Waals surface area contributed by atoms with Gasteiger partial charge in [0.05, 0.1) is 5.25 Å². The molecule has 0 aromatic heterocycles. The molecule has 1 aromatic rings. The molecule has 0 aliphatic heterocycles. The van der Waals surface area contributed by atoms with Gasteiger partial charge in [-0.15, -0.1) is 0 Å². The van der Waals surface area contributed by atoms with Gasteiger partial charge in [-0.25, -0.2) is 12.8 Å². The van der Waals surface area contributed by atoms with Crippen LogP contribution in [0.15, 0.2) is 12.1 Å². The van der Waals surface area contributed by atoms with E-state index in [0.29, 0.717) is 11.1 Å². The van der Waals surface area contributed by atoms with E-state index in [1.54, 1.807) is 32.9 Å². The van der Waals surface area contributed by atoms with Gasteiger partial charge in [0.15, 0.2) is 9.84 Å². The normalized spacial score (nSPS) is 15.1. The minimum Gasteiger partial charge on any atom is -0.309 e. The molecule has 0 fully saturated rings. The van der Waals surface area contributed by atoms with Crippen molar-refractivity contribution < 1.29 is 12.8 Å². The average Bonchev–Trinajstić information content (AvgIpc) is 2.34. The standard InChI is InChI=1S/C15H24FNO2S/c1-6-7-17-15(12(4)20(5,18)19)13-8-10(2)14(16)11(3)9-13/h8-9,12,15,17H,6-7H2,1-5H3. The van der Waals surface area contributed by atoms with Crippen LogP contribution in [0, 0.1) is 19.7 Å². The van der Waals surface area contributed by atoms with E-state index in [0.717, 1.165) is 18.5 Å². The highest BCUT2D eigenvalue weighted by atomic mass is 32.2. The fourth-order valence-corrected chi connectivity index (χ4v) is 3.01. The van der Waals surface area contributed by atoms with Crippen LogP contribution in [0.1, 0.15) is 43.0 Å². The van der Waals surface area contributed by atoms with E-state index in [1.807, 2.05) is 6.92 Å². The Morgan fingerprint density at radius 1 is 1.25 bits per heavy atom. The van der Waals surface area contributed by atoms with Crippen molar-refractivity contribution in [1.29, 1.82) is 0 Å². The summed E-state index contributed by atoms with van der Waals surface area (Å²) in [5.74, 6) is -0.227. The van der Waals surface area contributed by atoms with E-state index in [-0.39, 0.29) is 11.9 Å². The molecule has 1 aromatic carbocycles. The molecular formula is C15H24FNO2S. The molecule has 3 nitrogen and oxygen atoms in total. The molecule has 0 heterocycles. The largest absolute Gasteiger partial charge is 0.309 e. The quantitative estimate of drug-likeness (QED) is 0.879. The van der Waals surface area contributed by atoms with Crippen molar-refractivity contribution in [3.8, 4) is 0 Å². The smallest absolute Gasteiger partial charge is 0.151 e. The summed E-state index contributed by atoms with van der Waals surface area (Å²) in [5, 5.41) is 2.71. The molecule has 2 unspecified atom stereocenters. The fourth-order valence-electron chi connectivity index (χ4n) is 2.26. The van der Waals surface area contributed by atoms with Crippen LogP contribution in [0.3, 0.4) is 0 Å². The fraction of sp³-hybridized carbons (Fsp3) is 0.600. The second-order valence-electron chi connectivity index (χ2n) is 5.44. The molecule has 0 saturated heterocycles. The third kappa shape index (κ3) is 4.03. The van der Waals surface area contributed by atoms with Crippen LogP contribution in [0.2, 0.25) is 0 Å². The highest BCUT2D eigenvalue weighted by Gasteiger charge is 2.27. The average molecular weight is 301 g/mol. The molecule has 114 valence electrons. The number of aryl methyl sites for hydroxylation is 2. The SMILES string of the molecule is CCCNC(c1cc(C)c(F)c(C)c1)C(C)S(C)(=O)=O. The van der Waals surface area contributed by atoms with Crippen LogP contribution in [-0.2, 0) is 9.84 Å². The van der Waals surface area contributed by atoms with Crippen LogP contribution >= 0.6 is 0 Å². The van der Waals surface area contributed by atoms with E-state index in [1.165, 1.54) is 6.26 Å². The van der Waals surface area contributed by atoms with Gasteiger partial charge in [-0.3, -0.25) is 0 Å². The molecule has 0 saturated carbocycles. The molecule has 1 N–H and O–H groups in total. The first-order valence-corrected chi connectivity index (χ1v) is 8.82. The first kappa shape index (κ1) is 17.1. The summed E-state index contributed by atoms with van der Waals surface area (Å²) in [6.45, 7) is 7.84. The molecule has 0 bridgehead atoms. The lowest BCUT2D eigenvalue weighted by molar-refractivity contribution is 0.498. The van der Waals surface area contributed by atoms with Crippen molar-refractivity contribution in [1.82, 2.24) is 5.32 Å². The lowest BCUT2D eigenvalue weighted by Crippen LogP contribution is -2.35. The van der Waals surface area contributed by atoms with Crippen LogP contribution < -0.4 is 5.32 Å². The zero-order chi connectivity index (χ0) is 15.5. The van der Waals surface area contributed by atoms with E-state index in [4.69, 9.17) is 0 Å². The van der Waals surface area contributed by atoms with Crippen molar-refractivity contribution in [2.24, 2.45) is 0 Å². The van der Waals surface area contributed by atoms with Gasteiger partial charge in [0.2, 0.25) is 0 Å². The number of benzene rings is 1. The molecular weight excluding hydrogens is 277 g/mol. The highest BCUT2D eigenvalue weighted by molar-refractivity contribution is 7.91. The summed E-state index contributed by atoms with van der Waals surface area (Å²) in [5.41, 5.74) is 1.92. The maximum absolute atomic E-state index is 13.7. The van der Waals surface area contributed by atoms with Gasteiger partial charge in [0, 0.05) is 12.3 Å². The second kappa shape index (κ2) is 6.68. The summed E-state index contributed by atoms with van der Waals surface area (Å²) < 4.78 is 37.4. The zero-order valence-electron chi connectivity index (χ0n) is 12.8. The Morgan fingerprint density at radius 3 is 2.15 bits per heavy atom. The van der Waals surface area contributed by atoms with E-state index >= 15 is 0 Å². The molecule has 2 atom stereocenters. The molecule has 0 aliphatic rings. The summed E-state index contributed by atoms with van der Waals surface area (Å²) >= 11 is 0. The van der Waals surface area contributed by atoms with Crippen molar-refractivity contribution in [2.75, 3.05) is 12.8 Å². The Bertz CT molecular complexity index is 546. The van der Waals surface area contributed by atoms with Crippen LogP contribution in [0.4, 0.5) is 4.39 Å². The molecule has 0 radical (unpaired) electrons. The molecule has 0 amide bonds. The summed E-state index contributed by atoms with van der Waals surface area (Å²) in [4.78, 5) is 0. The number of sulfone groups is 1. The molecule has 20 heavy (non-hydrogen) atoms. The Morgan fingerprint density at radius 2 is 1.75 bits per heavy atom. The highest BCUT2D eigenvalue weighted by Crippen LogP contribution is 2.25. The monoisotopic (exact) mass is 301 g/mol. The Kier molecular flexibility index (Phi) is 5.71. The molecule has 1 rings (SSSR count). The maximum Gasteiger partial charge on any atom is 0.151 e. The van der Waals surface area contributed by atoms with Crippen molar-refractivity contribution in [3.63, 3.8) is 0 Å². The van der Waals surface area contributed by atoms with Gasteiger partial charge in [0.1, 0.15) is 5.82 Å². The molecule has 5 heteroatoms. The van der Waals surface area contributed by atoms with Gasteiger partial charge in [-0.05, 0) is 50.4 Å². The topological polar surface area (TPSA) is 46.2 Å². The number of nitrogens with one attached hydrogen (secondary N) is 1. The number of hydrogen-bond donors (Lipinski definition) is 1. The van der Waals surface area contributed by atoms with Crippen molar-refractivity contribution in [3.05, 3.63) is 34.6 Å². The van der Waals surface area contributed by atoms with Crippen LogP contribution in [-0.4, -0.2) is 26.5 Å². The third-order valence-electron chi connectivity index (χ3n) is 3.58. The van der Waals surface area contributed by atoms with E-state index in [2.05, 4.69) is 5.32 Å². The lowest BCUT2D eigenvalue weighted by Gasteiger charge is -2.25. The number of hydrogen-bond acceptors (Lipinski definition) is 3. The summed E-state index contributed by atoms with van der Waals surface area (Å²) in [6.07, 6.45) is 2.15. The van der Waals surface area contributed by atoms with Gasteiger partial charge >= 0.3 is 0 Å². The summed E-state index contributed by atoms with van der Waals surface area (Å²) in [6, 6.07) is 3.15. The predicted molar refractivity (Wildman–Crippen MR) is 81.2 cm³/mol. The zero-order valence-corrected chi connectivity index (χ0v) is 13.6. The van der Waals surface area contributed by atoms with Crippen molar-refractivity contribution in [2.45, 2.75) is 45.4 Å². The Balaban J connectivity index is 3.24. The van der Waals surface area contributed by atoms with Crippen LogP contribution in [0.25, 0.3) is 0 Å². The second-order valence-corrected chi connectivity index (χ2v) is 7.84. The molecule has 0 aliphatic carbocycles. The number of rotatable bonds is 6. The Hall–Kier alpha value is -0.940. The van der Waals surface area contributed by atoms with Gasteiger partial charge in [-0.2, -0.15) is 0 Å². The summed E-state index contributed by atoms with van der Waals surface area (Å²) in [7, 11) is -3.17. The minimum atomic E-state index is -3.17. The van der Waals surface area contributed by atoms with E-state index in [9.17, 15) is 12.8 Å².